The van der Waals surface area contributed by atoms with Crippen LogP contribution < -0.4 is 5.73 Å². The third kappa shape index (κ3) is 1.78. The van der Waals surface area contributed by atoms with Crippen LogP contribution in [0.15, 0.2) is 0 Å². The summed E-state index contributed by atoms with van der Waals surface area (Å²) in [4.78, 5) is 10.8. The first-order valence-corrected chi connectivity index (χ1v) is 3.41. The number of carbonyl (C=O) groups excluding carboxylic acids is 1. The van der Waals surface area contributed by atoms with Gasteiger partial charge in [0.1, 0.15) is 0 Å². The number of ketones is 1. The summed E-state index contributed by atoms with van der Waals surface area (Å²) in [6, 6.07) is 0. The van der Waals surface area contributed by atoms with Gasteiger partial charge in [0.2, 0.25) is 0 Å². The summed E-state index contributed by atoms with van der Waals surface area (Å²) in [6.07, 6.45) is -0.225. The Labute approximate surface area is 61.2 Å². The summed E-state index contributed by atoms with van der Waals surface area (Å²) in [6.45, 7) is 4.72. The first-order valence-electron chi connectivity index (χ1n) is 3.41. The SMILES string of the molecule is CC[C@H](O)[C@](C)(N)C(C)=O. The predicted molar refractivity (Wildman–Crippen MR) is 39.6 cm³/mol. The van der Waals surface area contributed by atoms with Crippen LogP contribution in [0.3, 0.4) is 0 Å². The molecule has 0 bridgehead atoms. The molecule has 0 unspecified atom stereocenters. The Hall–Kier alpha value is -0.410. The van der Waals surface area contributed by atoms with Crippen LogP contribution in [0.4, 0.5) is 0 Å². The molecule has 0 aromatic carbocycles. The largest absolute Gasteiger partial charge is 0.391 e. The van der Waals surface area contributed by atoms with E-state index in [0.29, 0.717) is 6.42 Å². The Bertz CT molecular complexity index is 132. The summed E-state index contributed by atoms with van der Waals surface area (Å²) >= 11 is 0. The van der Waals surface area contributed by atoms with E-state index >= 15 is 0 Å². The zero-order valence-corrected chi connectivity index (χ0v) is 6.72. The lowest BCUT2D eigenvalue weighted by Crippen LogP contribution is -2.53. The monoisotopic (exact) mass is 145 g/mol. The molecule has 3 N–H and O–H groups in total. The van der Waals surface area contributed by atoms with E-state index in [0.717, 1.165) is 0 Å². The van der Waals surface area contributed by atoms with Crippen LogP contribution in [0, 0.1) is 0 Å². The van der Waals surface area contributed by atoms with Crippen molar-refractivity contribution in [2.24, 2.45) is 5.73 Å². The third-order valence-electron chi connectivity index (χ3n) is 1.84. The Morgan fingerprint density at radius 1 is 1.80 bits per heavy atom. The fourth-order valence-corrected chi connectivity index (χ4v) is 0.659. The van der Waals surface area contributed by atoms with Gasteiger partial charge in [0.25, 0.3) is 0 Å². The smallest absolute Gasteiger partial charge is 0.151 e. The molecule has 10 heavy (non-hydrogen) atoms. The standard InChI is InChI=1S/C7H15NO2/c1-4-6(10)7(3,8)5(2)9/h6,10H,4,8H2,1-3H3/t6-,7+/m0/s1. The van der Waals surface area contributed by atoms with E-state index in [-0.39, 0.29) is 5.78 Å². The van der Waals surface area contributed by atoms with Crippen molar-refractivity contribution in [3.63, 3.8) is 0 Å². The van der Waals surface area contributed by atoms with Crippen LogP contribution in [0.2, 0.25) is 0 Å². The molecular weight excluding hydrogens is 130 g/mol. The molecule has 3 heteroatoms. The van der Waals surface area contributed by atoms with Crippen LogP contribution >= 0.6 is 0 Å². The van der Waals surface area contributed by atoms with Gasteiger partial charge >= 0.3 is 0 Å². The van der Waals surface area contributed by atoms with E-state index in [1.807, 2.05) is 0 Å². The number of carbonyl (C=O) groups is 1. The van der Waals surface area contributed by atoms with Crippen molar-refractivity contribution >= 4 is 5.78 Å². The zero-order valence-electron chi connectivity index (χ0n) is 6.72. The minimum absolute atomic E-state index is 0.179. The summed E-state index contributed by atoms with van der Waals surface area (Å²) in [5.41, 5.74) is 4.44. The van der Waals surface area contributed by atoms with E-state index in [9.17, 15) is 9.90 Å². The van der Waals surface area contributed by atoms with Crippen molar-refractivity contribution in [1.82, 2.24) is 0 Å². The zero-order chi connectivity index (χ0) is 8.36. The molecule has 0 heterocycles. The quantitative estimate of drug-likeness (QED) is 0.590. The Kier molecular flexibility index (Phi) is 2.99. The number of rotatable bonds is 3. The highest BCUT2D eigenvalue weighted by molar-refractivity contribution is 5.86. The molecule has 0 fully saturated rings. The van der Waals surface area contributed by atoms with Crippen LogP contribution in [0.1, 0.15) is 27.2 Å². The summed E-state index contributed by atoms with van der Waals surface area (Å²) in [5, 5.41) is 9.21. The third-order valence-corrected chi connectivity index (χ3v) is 1.84. The molecule has 0 spiro atoms. The highest BCUT2D eigenvalue weighted by atomic mass is 16.3. The topological polar surface area (TPSA) is 63.3 Å². The lowest BCUT2D eigenvalue weighted by Gasteiger charge is -2.26. The Morgan fingerprint density at radius 3 is 2.30 bits per heavy atom. The van der Waals surface area contributed by atoms with Crippen molar-refractivity contribution in [3.05, 3.63) is 0 Å². The van der Waals surface area contributed by atoms with E-state index in [1.165, 1.54) is 6.92 Å². The number of Topliss-reactive ketones (excluding diaryl/α,β-unsaturated/α-hetero) is 1. The molecule has 0 rings (SSSR count). The second-order valence-electron chi connectivity index (χ2n) is 2.76. The van der Waals surface area contributed by atoms with Gasteiger partial charge in [0.05, 0.1) is 11.6 Å². The minimum Gasteiger partial charge on any atom is -0.391 e. The van der Waals surface area contributed by atoms with Gasteiger partial charge in [-0.05, 0) is 20.3 Å². The second kappa shape index (κ2) is 3.12. The molecule has 0 aliphatic heterocycles. The summed E-state index contributed by atoms with van der Waals surface area (Å²) in [5.74, 6) is -0.179. The van der Waals surface area contributed by atoms with E-state index in [4.69, 9.17) is 5.73 Å². The maximum absolute atomic E-state index is 10.8. The lowest BCUT2D eigenvalue weighted by molar-refractivity contribution is -0.125. The van der Waals surface area contributed by atoms with E-state index in [2.05, 4.69) is 0 Å². The van der Waals surface area contributed by atoms with Crippen molar-refractivity contribution in [2.45, 2.75) is 38.8 Å². The highest BCUT2D eigenvalue weighted by Gasteiger charge is 2.31. The Morgan fingerprint density at radius 2 is 2.20 bits per heavy atom. The molecule has 0 radical (unpaired) electrons. The van der Waals surface area contributed by atoms with E-state index in [1.54, 1.807) is 13.8 Å². The van der Waals surface area contributed by atoms with Gasteiger partial charge in [-0.1, -0.05) is 6.92 Å². The lowest BCUT2D eigenvalue weighted by atomic mass is 9.90. The normalized spacial score (nSPS) is 19.7. The molecule has 3 nitrogen and oxygen atoms in total. The van der Waals surface area contributed by atoms with Crippen molar-refractivity contribution in [1.29, 1.82) is 0 Å². The molecule has 0 aliphatic carbocycles. The number of nitrogens with two attached hydrogens (primary N) is 1. The maximum Gasteiger partial charge on any atom is 0.151 e. The number of aliphatic hydroxyl groups is 1. The number of hydrogen-bond acceptors (Lipinski definition) is 3. The molecule has 0 saturated carbocycles. The maximum atomic E-state index is 10.8. The first-order chi connectivity index (χ1) is 4.42. The van der Waals surface area contributed by atoms with Gasteiger partial charge in [0, 0.05) is 0 Å². The van der Waals surface area contributed by atoms with Gasteiger partial charge < -0.3 is 10.8 Å². The van der Waals surface area contributed by atoms with Crippen molar-refractivity contribution in [2.75, 3.05) is 0 Å². The number of aliphatic hydroxyl groups excluding tert-OH is 1. The molecule has 2 atom stereocenters. The average Bonchev–Trinajstić information content (AvgIpc) is 1.86. The highest BCUT2D eigenvalue weighted by Crippen LogP contribution is 2.10. The average molecular weight is 145 g/mol. The molecule has 0 amide bonds. The summed E-state index contributed by atoms with van der Waals surface area (Å²) < 4.78 is 0. The number of hydrogen-bond donors (Lipinski definition) is 2. The first kappa shape index (κ1) is 9.59. The van der Waals surface area contributed by atoms with E-state index < -0.39 is 11.6 Å². The minimum atomic E-state index is -1.07. The predicted octanol–water partition coefficient (Wildman–Crippen LogP) is 0.0637. The van der Waals surface area contributed by atoms with Crippen molar-refractivity contribution in [3.8, 4) is 0 Å². The molecule has 0 aromatic rings. The Balaban J connectivity index is 4.23. The molecule has 60 valence electrons. The van der Waals surface area contributed by atoms with Crippen LogP contribution in [-0.4, -0.2) is 22.5 Å². The summed E-state index contributed by atoms with van der Waals surface area (Å²) in [7, 11) is 0. The van der Waals surface area contributed by atoms with Gasteiger partial charge in [-0.15, -0.1) is 0 Å². The molecule has 0 saturated heterocycles. The fourth-order valence-electron chi connectivity index (χ4n) is 0.659. The van der Waals surface area contributed by atoms with Gasteiger partial charge in [-0.3, -0.25) is 4.79 Å². The molecule has 0 aliphatic rings. The van der Waals surface area contributed by atoms with Crippen LogP contribution in [0.5, 0.6) is 0 Å². The van der Waals surface area contributed by atoms with Gasteiger partial charge in [-0.2, -0.15) is 0 Å². The van der Waals surface area contributed by atoms with Crippen LogP contribution in [-0.2, 0) is 4.79 Å². The van der Waals surface area contributed by atoms with Crippen LogP contribution in [0.25, 0.3) is 0 Å². The fraction of sp³-hybridized carbons (Fsp3) is 0.857. The second-order valence-corrected chi connectivity index (χ2v) is 2.76. The molecular formula is C7H15NO2. The van der Waals surface area contributed by atoms with Gasteiger partial charge in [0.15, 0.2) is 5.78 Å². The van der Waals surface area contributed by atoms with Crippen molar-refractivity contribution < 1.29 is 9.90 Å². The van der Waals surface area contributed by atoms with Gasteiger partial charge in [-0.25, -0.2) is 0 Å². The molecule has 0 aromatic heterocycles.